The highest BCUT2D eigenvalue weighted by Crippen LogP contribution is 2.43. The number of hydrogen-bond donors (Lipinski definition) is 0. The second-order valence-electron chi connectivity index (χ2n) is 8.54. The van der Waals surface area contributed by atoms with Crippen molar-refractivity contribution in [2.24, 2.45) is 0 Å². The summed E-state index contributed by atoms with van der Waals surface area (Å²) in [6.45, 7) is 2.51. The van der Waals surface area contributed by atoms with Crippen LogP contribution in [-0.2, 0) is 9.53 Å². The molecule has 0 N–H and O–H groups in total. The van der Waals surface area contributed by atoms with Crippen molar-refractivity contribution in [1.29, 1.82) is 0 Å². The highest BCUT2D eigenvalue weighted by atomic mass is 19.1. The second-order valence-corrected chi connectivity index (χ2v) is 8.54. The lowest BCUT2D eigenvalue weighted by Crippen LogP contribution is -2.47. The maximum Gasteiger partial charge on any atom is 0.258 e. The summed E-state index contributed by atoms with van der Waals surface area (Å²) >= 11 is 0. The largest absolute Gasteiger partial charge is 0.385 e. The van der Waals surface area contributed by atoms with Gasteiger partial charge in [0.15, 0.2) is 0 Å². The number of methoxy groups -OCH3 is 1. The summed E-state index contributed by atoms with van der Waals surface area (Å²) < 4.78 is 18.6. The van der Waals surface area contributed by atoms with Crippen LogP contribution < -0.4 is 9.80 Å². The Balaban J connectivity index is 1.73. The molecule has 34 heavy (non-hydrogen) atoms. The first-order chi connectivity index (χ1) is 16.5. The van der Waals surface area contributed by atoms with E-state index in [9.17, 15) is 14.0 Å². The third kappa shape index (κ3) is 4.87. The molecule has 0 aromatic heterocycles. The molecule has 1 heterocycles. The van der Waals surface area contributed by atoms with E-state index < -0.39 is 0 Å². The molecule has 6 heteroatoms. The van der Waals surface area contributed by atoms with Crippen molar-refractivity contribution in [3.8, 4) is 0 Å². The summed E-state index contributed by atoms with van der Waals surface area (Å²) in [6.07, 6.45) is 1.58. The lowest BCUT2D eigenvalue weighted by atomic mass is 9.89. The van der Waals surface area contributed by atoms with E-state index >= 15 is 0 Å². The van der Waals surface area contributed by atoms with Gasteiger partial charge in [0.2, 0.25) is 5.91 Å². The van der Waals surface area contributed by atoms with Gasteiger partial charge in [0.25, 0.3) is 5.91 Å². The molecule has 0 spiro atoms. The highest BCUT2D eigenvalue weighted by molar-refractivity contribution is 6.07. The standard InChI is InChI=1S/C28H29FN2O3/c1-20-19-26(31(23-9-4-3-5-10-23)27(32)13-8-18-34-2)24-11-6-7-12-25(24)30(20)28(33)21-14-16-22(29)17-15-21/h3-7,9-12,14-17,20,26H,8,13,18-19H2,1-2H3/t20-,26+/m0/s1. The van der Waals surface area contributed by atoms with Gasteiger partial charge in [-0.05, 0) is 67.8 Å². The molecule has 5 nitrogen and oxygen atoms in total. The minimum Gasteiger partial charge on any atom is -0.385 e. The van der Waals surface area contributed by atoms with Gasteiger partial charge in [-0.15, -0.1) is 0 Å². The Labute approximate surface area is 199 Å². The number of carbonyl (C=O) groups excluding carboxylic acids is 2. The summed E-state index contributed by atoms with van der Waals surface area (Å²) in [7, 11) is 1.63. The Morgan fingerprint density at radius 3 is 2.38 bits per heavy atom. The van der Waals surface area contributed by atoms with Crippen LogP contribution in [0.15, 0.2) is 78.9 Å². The fourth-order valence-corrected chi connectivity index (χ4v) is 4.64. The molecule has 1 aliphatic heterocycles. The third-order valence-electron chi connectivity index (χ3n) is 6.22. The first-order valence-electron chi connectivity index (χ1n) is 11.6. The van der Waals surface area contributed by atoms with Crippen molar-refractivity contribution >= 4 is 23.2 Å². The van der Waals surface area contributed by atoms with Crippen molar-refractivity contribution in [3.05, 3.63) is 95.8 Å². The SMILES string of the molecule is COCCCC(=O)N(c1ccccc1)[C@@H]1C[C@H](C)N(C(=O)c2ccc(F)cc2)c2ccccc21. The van der Waals surface area contributed by atoms with Crippen LogP contribution in [0.4, 0.5) is 15.8 Å². The number of nitrogens with zero attached hydrogens (tertiary/aromatic N) is 2. The van der Waals surface area contributed by atoms with Gasteiger partial charge in [-0.1, -0.05) is 36.4 Å². The lowest BCUT2D eigenvalue weighted by Gasteiger charge is -2.43. The molecule has 0 saturated carbocycles. The molecule has 0 radical (unpaired) electrons. The second kappa shape index (κ2) is 10.6. The number of amides is 2. The number of hydrogen-bond acceptors (Lipinski definition) is 3. The molecule has 3 aromatic carbocycles. The van der Waals surface area contributed by atoms with Crippen LogP contribution in [0.5, 0.6) is 0 Å². The van der Waals surface area contributed by atoms with Gasteiger partial charge < -0.3 is 14.5 Å². The number of fused-ring (bicyclic) bond motifs is 1. The van der Waals surface area contributed by atoms with Gasteiger partial charge in [-0.25, -0.2) is 4.39 Å². The average Bonchev–Trinajstić information content (AvgIpc) is 2.85. The molecular formula is C28H29FN2O3. The van der Waals surface area contributed by atoms with Crippen molar-refractivity contribution in [2.75, 3.05) is 23.5 Å². The fraction of sp³-hybridized carbons (Fsp3) is 0.286. The van der Waals surface area contributed by atoms with Crippen LogP contribution in [0.1, 0.15) is 48.1 Å². The maximum absolute atomic E-state index is 13.5. The Bertz CT molecular complexity index is 1130. The predicted molar refractivity (Wildman–Crippen MR) is 132 cm³/mol. The van der Waals surface area contributed by atoms with E-state index in [1.165, 1.54) is 24.3 Å². The molecule has 0 unspecified atom stereocenters. The van der Waals surface area contributed by atoms with Crippen LogP contribution in [0.3, 0.4) is 0 Å². The number of halogens is 1. The predicted octanol–water partition coefficient (Wildman–Crippen LogP) is 5.77. The zero-order valence-corrected chi connectivity index (χ0v) is 19.5. The van der Waals surface area contributed by atoms with E-state index in [2.05, 4.69) is 0 Å². The van der Waals surface area contributed by atoms with Crippen molar-refractivity contribution in [1.82, 2.24) is 0 Å². The molecule has 2 amide bonds. The number of anilines is 2. The van der Waals surface area contributed by atoms with E-state index in [1.54, 1.807) is 12.0 Å². The quantitative estimate of drug-likeness (QED) is 0.421. The van der Waals surface area contributed by atoms with Crippen LogP contribution in [0, 0.1) is 5.82 Å². The smallest absolute Gasteiger partial charge is 0.258 e. The lowest BCUT2D eigenvalue weighted by molar-refractivity contribution is -0.119. The zero-order chi connectivity index (χ0) is 24.1. The molecule has 1 aliphatic rings. The minimum absolute atomic E-state index is 0.0218. The molecule has 0 fully saturated rings. The van der Waals surface area contributed by atoms with E-state index in [0.29, 0.717) is 31.4 Å². The number of benzene rings is 3. The monoisotopic (exact) mass is 460 g/mol. The molecule has 176 valence electrons. The number of para-hydroxylation sites is 2. The third-order valence-corrected chi connectivity index (χ3v) is 6.22. The van der Waals surface area contributed by atoms with E-state index in [-0.39, 0.29) is 29.7 Å². The van der Waals surface area contributed by atoms with Crippen LogP contribution in [-0.4, -0.2) is 31.6 Å². The van der Waals surface area contributed by atoms with Gasteiger partial charge in [0, 0.05) is 43.1 Å². The summed E-state index contributed by atoms with van der Waals surface area (Å²) in [5.74, 6) is -0.543. The summed E-state index contributed by atoms with van der Waals surface area (Å²) in [5.41, 5.74) is 2.94. The van der Waals surface area contributed by atoms with Crippen LogP contribution in [0.2, 0.25) is 0 Å². The topological polar surface area (TPSA) is 49.9 Å². The average molecular weight is 461 g/mol. The Kier molecular flexibility index (Phi) is 7.38. The number of ether oxygens (including phenoxy) is 1. The van der Waals surface area contributed by atoms with E-state index in [1.807, 2.05) is 66.4 Å². The van der Waals surface area contributed by atoms with Gasteiger partial charge in [-0.3, -0.25) is 9.59 Å². The molecule has 3 aromatic rings. The first kappa shape index (κ1) is 23.6. The van der Waals surface area contributed by atoms with Crippen molar-refractivity contribution in [3.63, 3.8) is 0 Å². The Hall–Kier alpha value is -3.51. The molecular weight excluding hydrogens is 431 g/mol. The molecule has 0 saturated heterocycles. The molecule has 0 aliphatic carbocycles. The summed E-state index contributed by atoms with van der Waals surface area (Å²) in [6, 6.07) is 22.6. The van der Waals surface area contributed by atoms with Crippen molar-refractivity contribution < 1.29 is 18.7 Å². The molecule has 4 rings (SSSR count). The normalized spacial score (nSPS) is 17.2. The number of carbonyl (C=O) groups is 2. The Morgan fingerprint density at radius 2 is 1.68 bits per heavy atom. The minimum atomic E-state index is -0.380. The first-order valence-corrected chi connectivity index (χ1v) is 11.6. The molecule has 0 bridgehead atoms. The molecule has 2 atom stereocenters. The van der Waals surface area contributed by atoms with Gasteiger partial charge in [0.1, 0.15) is 5.82 Å². The van der Waals surface area contributed by atoms with E-state index in [0.717, 1.165) is 16.9 Å². The summed E-state index contributed by atoms with van der Waals surface area (Å²) in [5, 5.41) is 0. The van der Waals surface area contributed by atoms with Crippen molar-refractivity contribution in [2.45, 2.75) is 38.3 Å². The van der Waals surface area contributed by atoms with Gasteiger partial charge >= 0.3 is 0 Å². The Morgan fingerprint density at radius 1 is 1.00 bits per heavy atom. The maximum atomic E-state index is 13.5. The van der Waals surface area contributed by atoms with Crippen LogP contribution >= 0.6 is 0 Å². The highest BCUT2D eigenvalue weighted by Gasteiger charge is 2.38. The van der Waals surface area contributed by atoms with Gasteiger partial charge in [0.05, 0.1) is 6.04 Å². The summed E-state index contributed by atoms with van der Waals surface area (Å²) in [4.78, 5) is 30.5. The fourth-order valence-electron chi connectivity index (χ4n) is 4.64. The van der Waals surface area contributed by atoms with E-state index in [4.69, 9.17) is 4.74 Å². The zero-order valence-electron chi connectivity index (χ0n) is 19.5. The van der Waals surface area contributed by atoms with Gasteiger partial charge in [-0.2, -0.15) is 0 Å². The van der Waals surface area contributed by atoms with Crippen LogP contribution in [0.25, 0.3) is 0 Å². The number of rotatable bonds is 7.